The molecular weight excluding hydrogens is 423 g/mol. The number of nitrogens with zero attached hydrogens (tertiary/aromatic N) is 1. The lowest BCUT2D eigenvalue weighted by atomic mass is 9.83. The standard InChI is InChI=1S/C26H21FN2O4/c1-2-13-31-22-10-6-4-8-18(22)24-19-12-11-16(14-23(19)33-25(29)20(24)15-28)32-26(30)17-7-3-5-9-21(17)27/h3-12,14,24H,2,13,29H2,1H3. The highest BCUT2D eigenvalue weighted by atomic mass is 19.1. The first-order valence-electron chi connectivity index (χ1n) is 10.4. The van der Waals surface area contributed by atoms with Crippen molar-refractivity contribution in [3.63, 3.8) is 0 Å². The van der Waals surface area contributed by atoms with E-state index < -0.39 is 17.7 Å². The predicted octanol–water partition coefficient (Wildman–Crippen LogP) is 5.05. The Morgan fingerprint density at radius 3 is 2.64 bits per heavy atom. The van der Waals surface area contributed by atoms with Crippen LogP contribution in [-0.2, 0) is 0 Å². The van der Waals surface area contributed by atoms with Crippen molar-refractivity contribution in [3.05, 3.63) is 101 Å². The lowest BCUT2D eigenvalue weighted by molar-refractivity contribution is 0.0729. The zero-order valence-corrected chi connectivity index (χ0v) is 17.9. The SMILES string of the molecule is CCCOc1ccccc1C1C(C#N)=C(N)Oc2cc(OC(=O)c3ccccc3F)ccc21. The van der Waals surface area contributed by atoms with Crippen LogP contribution >= 0.6 is 0 Å². The van der Waals surface area contributed by atoms with Crippen molar-refractivity contribution in [1.29, 1.82) is 5.26 Å². The van der Waals surface area contributed by atoms with Crippen LogP contribution in [0.2, 0.25) is 0 Å². The minimum atomic E-state index is -0.833. The number of allylic oxidation sites excluding steroid dienone is 1. The van der Waals surface area contributed by atoms with Gasteiger partial charge in [0.1, 0.15) is 34.7 Å². The van der Waals surface area contributed by atoms with Gasteiger partial charge in [-0.1, -0.05) is 43.3 Å². The van der Waals surface area contributed by atoms with Crippen molar-refractivity contribution in [2.45, 2.75) is 19.3 Å². The van der Waals surface area contributed by atoms with Gasteiger partial charge in [0.2, 0.25) is 5.88 Å². The summed E-state index contributed by atoms with van der Waals surface area (Å²) in [5.74, 6) is -0.940. The van der Waals surface area contributed by atoms with Gasteiger partial charge in [-0.05, 0) is 30.7 Å². The second-order valence-electron chi connectivity index (χ2n) is 7.38. The van der Waals surface area contributed by atoms with Crippen LogP contribution in [0.3, 0.4) is 0 Å². The summed E-state index contributed by atoms with van der Waals surface area (Å²) in [6.07, 6.45) is 0.832. The Kier molecular flexibility index (Phi) is 6.27. The summed E-state index contributed by atoms with van der Waals surface area (Å²) in [7, 11) is 0. The van der Waals surface area contributed by atoms with E-state index in [-0.39, 0.29) is 22.8 Å². The Morgan fingerprint density at radius 1 is 1.12 bits per heavy atom. The summed E-state index contributed by atoms with van der Waals surface area (Å²) in [6, 6.07) is 19.9. The fourth-order valence-corrected chi connectivity index (χ4v) is 3.67. The van der Waals surface area contributed by atoms with Gasteiger partial charge in [0.15, 0.2) is 0 Å². The minimum absolute atomic E-state index is 0.0436. The van der Waals surface area contributed by atoms with Crippen molar-refractivity contribution < 1.29 is 23.4 Å². The van der Waals surface area contributed by atoms with Crippen LogP contribution in [0.1, 0.15) is 40.7 Å². The molecular formula is C26H21FN2O4. The fourth-order valence-electron chi connectivity index (χ4n) is 3.67. The lowest BCUT2D eigenvalue weighted by Crippen LogP contribution is -2.21. The highest BCUT2D eigenvalue weighted by Gasteiger charge is 2.33. The third kappa shape index (κ3) is 4.37. The van der Waals surface area contributed by atoms with E-state index >= 15 is 0 Å². The number of benzene rings is 3. The molecule has 3 aromatic carbocycles. The molecule has 2 N–H and O–H groups in total. The van der Waals surface area contributed by atoms with E-state index in [9.17, 15) is 14.4 Å². The maximum absolute atomic E-state index is 13.9. The molecule has 1 unspecified atom stereocenters. The molecule has 1 heterocycles. The van der Waals surface area contributed by atoms with Crippen LogP contribution in [0.15, 0.2) is 78.2 Å². The number of ether oxygens (including phenoxy) is 3. The zero-order valence-electron chi connectivity index (χ0n) is 17.9. The maximum atomic E-state index is 13.9. The van der Waals surface area contributed by atoms with Gasteiger partial charge in [-0.15, -0.1) is 0 Å². The van der Waals surface area contributed by atoms with Gasteiger partial charge in [0.25, 0.3) is 0 Å². The fraction of sp³-hybridized carbons (Fsp3) is 0.154. The normalized spacial score (nSPS) is 14.6. The summed E-state index contributed by atoms with van der Waals surface area (Å²) in [5, 5.41) is 9.80. The average molecular weight is 444 g/mol. The molecule has 0 spiro atoms. The Balaban J connectivity index is 1.72. The molecule has 0 saturated carbocycles. The molecule has 0 amide bonds. The number of halogens is 1. The first-order chi connectivity index (χ1) is 16.0. The number of esters is 1. The van der Waals surface area contributed by atoms with Gasteiger partial charge < -0.3 is 19.9 Å². The lowest BCUT2D eigenvalue weighted by Gasteiger charge is -2.28. The first-order valence-corrected chi connectivity index (χ1v) is 10.4. The molecule has 0 aliphatic carbocycles. The van der Waals surface area contributed by atoms with E-state index in [0.29, 0.717) is 23.7 Å². The molecule has 0 saturated heterocycles. The van der Waals surface area contributed by atoms with E-state index in [1.807, 2.05) is 31.2 Å². The Hall–Kier alpha value is -4.31. The number of para-hydroxylation sites is 1. The van der Waals surface area contributed by atoms with Crippen LogP contribution in [-0.4, -0.2) is 12.6 Å². The summed E-state index contributed by atoms with van der Waals surface area (Å²) >= 11 is 0. The molecule has 6 nitrogen and oxygen atoms in total. The molecule has 4 rings (SSSR count). The molecule has 1 aliphatic heterocycles. The number of nitriles is 1. The number of nitrogens with two attached hydrogens (primary N) is 1. The van der Waals surface area contributed by atoms with E-state index in [2.05, 4.69) is 6.07 Å². The molecule has 0 aromatic heterocycles. The number of hydrogen-bond donors (Lipinski definition) is 1. The monoisotopic (exact) mass is 444 g/mol. The second kappa shape index (κ2) is 9.45. The maximum Gasteiger partial charge on any atom is 0.346 e. The number of carbonyl (C=O) groups is 1. The molecule has 0 radical (unpaired) electrons. The van der Waals surface area contributed by atoms with E-state index in [1.165, 1.54) is 24.3 Å². The minimum Gasteiger partial charge on any atom is -0.493 e. The molecule has 1 aliphatic rings. The molecule has 0 bridgehead atoms. The third-order valence-corrected chi connectivity index (χ3v) is 5.19. The van der Waals surface area contributed by atoms with Gasteiger partial charge >= 0.3 is 5.97 Å². The predicted molar refractivity (Wildman–Crippen MR) is 119 cm³/mol. The third-order valence-electron chi connectivity index (χ3n) is 5.19. The molecule has 166 valence electrons. The average Bonchev–Trinajstić information content (AvgIpc) is 2.82. The smallest absolute Gasteiger partial charge is 0.346 e. The van der Waals surface area contributed by atoms with E-state index in [1.54, 1.807) is 18.2 Å². The molecule has 3 aromatic rings. The summed E-state index contributed by atoms with van der Waals surface area (Å²) in [5.41, 5.74) is 7.59. The van der Waals surface area contributed by atoms with E-state index in [4.69, 9.17) is 19.9 Å². The second-order valence-corrected chi connectivity index (χ2v) is 7.38. The summed E-state index contributed by atoms with van der Waals surface area (Å²) in [6.45, 7) is 2.54. The van der Waals surface area contributed by atoms with Gasteiger partial charge in [-0.2, -0.15) is 5.26 Å². The van der Waals surface area contributed by atoms with E-state index in [0.717, 1.165) is 12.0 Å². The van der Waals surface area contributed by atoms with Gasteiger partial charge in [-0.25, -0.2) is 9.18 Å². The molecule has 1 atom stereocenters. The van der Waals surface area contributed by atoms with Crippen molar-refractivity contribution >= 4 is 5.97 Å². The Morgan fingerprint density at radius 2 is 1.88 bits per heavy atom. The van der Waals surface area contributed by atoms with Crippen LogP contribution < -0.4 is 19.9 Å². The first kappa shape index (κ1) is 21.9. The molecule has 0 fully saturated rings. The highest BCUT2D eigenvalue weighted by Crippen LogP contribution is 2.45. The van der Waals surface area contributed by atoms with Gasteiger partial charge in [0, 0.05) is 17.2 Å². The van der Waals surface area contributed by atoms with Crippen LogP contribution in [0, 0.1) is 17.1 Å². The Bertz CT molecular complexity index is 1280. The number of hydrogen-bond acceptors (Lipinski definition) is 6. The van der Waals surface area contributed by atoms with Crippen LogP contribution in [0.25, 0.3) is 0 Å². The highest BCUT2D eigenvalue weighted by molar-refractivity contribution is 5.91. The Labute approximate surface area is 190 Å². The number of fused-ring (bicyclic) bond motifs is 1. The number of rotatable bonds is 6. The molecule has 7 heteroatoms. The largest absolute Gasteiger partial charge is 0.493 e. The molecule has 33 heavy (non-hydrogen) atoms. The van der Waals surface area contributed by atoms with Crippen molar-refractivity contribution in [1.82, 2.24) is 0 Å². The van der Waals surface area contributed by atoms with Crippen molar-refractivity contribution in [3.8, 4) is 23.3 Å². The van der Waals surface area contributed by atoms with Crippen molar-refractivity contribution in [2.75, 3.05) is 6.61 Å². The van der Waals surface area contributed by atoms with Crippen molar-refractivity contribution in [2.24, 2.45) is 5.73 Å². The van der Waals surface area contributed by atoms with Gasteiger partial charge in [0.05, 0.1) is 18.1 Å². The summed E-state index contributed by atoms with van der Waals surface area (Å²) in [4.78, 5) is 12.4. The topological polar surface area (TPSA) is 94.6 Å². The van der Waals surface area contributed by atoms with Crippen LogP contribution in [0.4, 0.5) is 4.39 Å². The van der Waals surface area contributed by atoms with Crippen LogP contribution in [0.5, 0.6) is 17.2 Å². The van der Waals surface area contributed by atoms with Gasteiger partial charge in [-0.3, -0.25) is 0 Å². The summed E-state index contributed by atoms with van der Waals surface area (Å²) < 4.78 is 30.9. The zero-order chi connectivity index (χ0) is 23.4. The number of carbonyl (C=O) groups excluding carboxylic acids is 1. The quantitative estimate of drug-likeness (QED) is 0.422.